The van der Waals surface area contributed by atoms with Gasteiger partial charge in [0.15, 0.2) is 0 Å². The van der Waals surface area contributed by atoms with Gasteiger partial charge in [-0.25, -0.2) is 4.79 Å². The summed E-state index contributed by atoms with van der Waals surface area (Å²) in [6.45, 7) is 1.11. The fourth-order valence-corrected chi connectivity index (χ4v) is 5.64. The Labute approximate surface area is 189 Å². The Morgan fingerprint density at radius 3 is 2.50 bits per heavy atom. The van der Waals surface area contributed by atoms with E-state index in [0.717, 1.165) is 12.1 Å². The normalized spacial score (nSPS) is 28.7. The lowest BCUT2D eigenvalue weighted by Crippen LogP contribution is -2.45. The zero-order valence-electron chi connectivity index (χ0n) is 18.4. The molecule has 1 aliphatic heterocycles. The second kappa shape index (κ2) is 9.31. The second-order valence-corrected chi connectivity index (χ2v) is 8.99. The van der Waals surface area contributed by atoms with Gasteiger partial charge in [0, 0.05) is 30.6 Å². The van der Waals surface area contributed by atoms with Gasteiger partial charge in [-0.05, 0) is 49.1 Å². The predicted octanol–water partition coefficient (Wildman–Crippen LogP) is 4.66. The van der Waals surface area contributed by atoms with E-state index in [1.54, 1.807) is 0 Å². The van der Waals surface area contributed by atoms with Crippen LogP contribution in [0.25, 0.3) is 0 Å². The van der Waals surface area contributed by atoms with Crippen molar-refractivity contribution in [3.8, 4) is 0 Å². The van der Waals surface area contributed by atoms with E-state index in [4.69, 9.17) is 9.47 Å². The molecule has 5 atom stereocenters. The lowest BCUT2D eigenvalue weighted by Gasteiger charge is -2.30. The first kappa shape index (κ1) is 21.0. The summed E-state index contributed by atoms with van der Waals surface area (Å²) in [6, 6.07) is 21.5. The number of hydrogen-bond acceptors (Lipinski definition) is 5. The van der Waals surface area contributed by atoms with Gasteiger partial charge < -0.3 is 14.8 Å². The monoisotopic (exact) mass is 430 g/mol. The maximum Gasteiger partial charge on any atom is 0.514 e. The van der Waals surface area contributed by atoms with Crippen LogP contribution in [-0.2, 0) is 22.6 Å². The van der Waals surface area contributed by atoms with Gasteiger partial charge >= 0.3 is 6.16 Å². The van der Waals surface area contributed by atoms with Crippen molar-refractivity contribution in [2.24, 2.45) is 11.8 Å². The molecule has 32 heavy (non-hydrogen) atoms. The van der Waals surface area contributed by atoms with E-state index in [1.165, 1.54) is 18.4 Å². The number of rotatable bonds is 6. The molecule has 1 saturated heterocycles. The Morgan fingerprint density at radius 2 is 1.75 bits per heavy atom. The molecule has 0 aromatic heterocycles. The zero-order chi connectivity index (χ0) is 21.9. The summed E-state index contributed by atoms with van der Waals surface area (Å²) in [7, 11) is 2.23. The summed E-state index contributed by atoms with van der Waals surface area (Å²) in [5, 5.41) is 3.79. The van der Waals surface area contributed by atoms with Crippen LogP contribution in [0.15, 0.2) is 84.7 Å². The van der Waals surface area contributed by atoms with Gasteiger partial charge in [-0.15, -0.1) is 0 Å². The first-order chi connectivity index (χ1) is 15.7. The lowest BCUT2D eigenvalue weighted by molar-refractivity contribution is 0.0726. The highest BCUT2D eigenvalue weighted by molar-refractivity contribution is 5.62. The first-order valence-corrected chi connectivity index (χ1v) is 11.5. The third-order valence-corrected chi connectivity index (χ3v) is 7.12. The molecular formula is C27H30N2O3. The number of likely N-dealkylation sites (N-methyl/N-ethyl adjacent to an activating group) is 1. The fourth-order valence-electron chi connectivity index (χ4n) is 5.64. The molecule has 5 rings (SSSR count). The number of likely N-dealkylation sites (tertiary alicyclic amines) is 1. The SMILES string of the molecule is CN1C2C=CC(OC(=O)OCc3ccccc3)=CC2C2CCC(NCc3ccccc3)C21. The Hall–Kier alpha value is -2.89. The van der Waals surface area contributed by atoms with E-state index < -0.39 is 6.16 Å². The molecular weight excluding hydrogens is 400 g/mol. The Balaban J connectivity index is 1.19. The molecule has 0 spiro atoms. The van der Waals surface area contributed by atoms with Crippen LogP contribution < -0.4 is 5.32 Å². The van der Waals surface area contributed by atoms with Gasteiger partial charge in [0.2, 0.25) is 0 Å². The lowest BCUT2D eigenvalue weighted by atomic mass is 9.85. The molecule has 2 fully saturated rings. The van der Waals surface area contributed by atoms with Crippen molar-refractivity contribution in [1.82, 2.24) is 10.2 Å². The minimum atomic E-state index is -0.653. The summed E-state index contributed by atoms with van der Waals surface area (Å²) < 4.78 is 10.8. The largest absolute Gasteiger partial charge is 0.514 e. The van der Waals surface area contributed by atoms with Crippen molar-refractivity contribution >= 4 is 6.16 Å². The van der Waals surface area contributed by atoms with Crippen LogP contribution in [-0.4, -0.2) is 36.2 Å². The second-order valence-electron chi connectivity index (χ2n) is 8.99. The maximum absolute atomic E-state index is 12.2. The fraction of sp³-hybridized carbons (Fsp3) is 0.370. The topological polar surface area (TPSA) is 50.8 Å². The van der Waals surface area contributed by atoms with Crippen molar-refractivity contribution in [2.75, 3.05) is 7.05 Å². The van der Waals surface area contributed by atoms with E-state index in [2.05, 4.69) is 59.7 Å². The summed E-state index contributed by atoms with van der Waals surface area (Å²) in [5.74, 6) is 1.51. The molecule has 1 saturated carbocycles. The molecule has 3 aliphatic rings. The smallest absolute Gasteiger partial charge is 0.429 e. The van der Waals surface area contributed by atoms with E-state index in [1.807, 2.05) is 36.4 Å². The van der Waals surface area contributed by atoms with Crippen LogP contribution in [0.1, 0.15) is 24.0 Å². The van der Waals surface area contributed by atoms with Crippen molar-refractivity contribution < 1.29 is 14.3 Å². The van der Waals surface area contributed by atoms with Crippen molar-refractivity contribution in [3.05, 3.63) is 95.8 Å². The molecule has 5 nitrogen and oxygen atoms in total. The van der Waals surface area contributed by atoms with Gasteiger partial charge in [0.05, 0.1) is 0 Å². The molecule has 2 aromatic rings. The van der Waals surface area contributed by atoms with Crippen molar-refractivity contribution in [2.45, 2.75) is 44.1 Å². The number of fused-ring (bicyclic) bond motifs is 3. The van der Waals surface area contributed by atoms with Crippen LogP contribution in [0.5, 0.6) is 0 Å². The molecule has 0 amide bonds. The maximum atomic E-state index is 12.2. The molecule has 0 radical (unpaired) electrons. The Kier molecular flexibility index (Phi) is 6.10. The Morgan fingerprint density at radius 1 is 1.03 bits per heavy atom. The molecule has 1 heterocycles. The predicted molar refractivity (Wildman–Crippen MR) is 124 cm³/mol. The third kappa shape index (κ3) is 4.36. The molecule has 2 aromatic carbocycles. The summed E-state index contributed by atoms with van der Waals surface area (Å²) in [4.78, 5) is 14.7. The molecule has 1 N–H and O–H groups in total. The zero-order valence-corrected chi connectivity index (χ0v) is 18.4. The average molecular weight is 431 g/mol. The number of benzene rings is 2. The number of hydrogen-bond donors (Lipinski definition) is 1. The quantitative estimate of drug-likeness (QED) is 0.676. The molecule has 166 valence electrons. The number of nitrogens with one attached hydrogen (secondary N) is 1. The minimum absolute atomic E-state index is 0.213. The Bertz CT molecular complexity index is 988. The van der Waals surface area contributed by atoms with Gasteiger partial charge in [-0.2, -0.15) is 0 Å². The third-order valence-electron chi connectivity index (χ3n) is 7.12. The standard InChI is InChI=1S/C27H30N2O3/c1-29-25-15-12-21(32-27(30)31-18-20-10-6-3-7-11-20)16-23(25)22-13-14-24(26(22)29)28-17-19-8-4-2-5-9-19/h2-12,15-16,22-26,28H,13-14,17-18H2,1H3. The van der Waals surface area contributed by atoms with Gasteiger partial charge in [-0.1, -0.05) is 66.7 Å². The number of nitrogens with zero attached hydrogens (tertiary/aromatic N) is 1. The van der Waals surface area contributed by atoms with Crippen LogP contribution in [0.4, 0.5) is 4.79 Å². The highest BCUT2D eigenvalue weighted by atomic mass is 16.7. The summed E-state index contributed by atoms with van der Waals surface area (Å²) in [5.41, 5.74) is 2.26. The number of carbonyl (C=O) groups excluding carboxylic acids is 1. The van der Waals surface area contributed by atoms with Crippen molar-refractivity contribution in [3.63, 3.8) is 0 Å². The van der Waals surface area contributed by atoms with Crippen LogP contribution in [0.2, 0.25) is 0 Å². The summed E-state index contributed by atoms with van der Waals surface area (Å²) >= 11 is 0. The van der Waals surface area contributed by atoms with Crippen LogP contribution in [0, 0.1) is 11.8 Å². The van der Waals surface area contributed by atoms with Gasteiger partial charge in [0.25, 0.3) is 0 Å². The number of carbonyl (C=O) groups is 1. The van der Waals surface area contributed by atoms with E-state index in [0.29, 0.717) is 35.7 Å². The number of ether oxygens (including phenoxy) is 2. The highest BCUT2D eigenvalue weighted by Crippen LogP contribution is 2.47. The molecule has 5 heteroatoms. The van der Waals surface area contributed by atoms with Gasteiger partial charge in [0.1, 0.15) is 12.4 Å². The van der Waals surface area contributed by atoms with Crippen LogP contribution >= 0.6 is 0 Å². The van der Waals surface area contributed by atoms with E-state index in [9.17, 15) is 4.79 Å². The first-order valence-electron chi connectivity index (χ1n) is 11.5. The molecule has 5 unspecified atom stereocenters. The molecule has 0 bridgehead atoms. The van der Waals surface area contributed by atoms with Gasteiger partial charge in [-0.3, -0.25) is 4.90 Å². The number of allylic oxidation sites excluding steroid dienone is 1. The molecule has 2 aliphatic carbocycles. The summed E-state index contributed by atoms with van der Waals surface area (Å²) in [6.07, 6.45) is 7.92. The van der Waals surface area contributed by atoms with E-state index >= 15 is 0 Å². The van der Waals surface area contributed by atoms with Crippen molar-refractivity contribution in [1.29, 1.82) is 0 Å². The minimum Gasteiger partial charge on any atom is -0.429 e. The highest BCUT2D eigenvalue weighted by Gasteiger charge is 2.52. The van der Waals surface area contributed by atoms with E-state index in [-0.39, 0.29) is 6.61 Å². The van der Waals surface area contributed by atoms with Crippen LogP contribution in [0.3, 0.4) is 0 Å². The average Bonchev–Trinajstić information content (AvgIpc) is 3.37.